The summed E-state index contributed by atoms with van der Waals surface area (Å²) < 4.78 is 21.6. The average Bonchev–Trinajstić information content (AvgIpc) is 3.26. The maximum Gasteiger partial charge on any atom is 0.272 e. The molecule has 0 unspecified atom stereocenters. The second-order valence-electron chi connectivity index (χ2n) is 7.54. The Kier molecular flexibility index (Phi) is 6.84. The average molecular weight is 452 g/mol. The zero-order valence-corrected chi connectivity index (χ0v) is 18.3. The molecule has 10 heteroatoms. The second kappa shape index (κ2) is 10.1. The van der Waals surface area contributed by atoms with Gasteiger partial charge in [0.2, 0.25) is 0 Å². The van der Waals surface area contributed by atoms with Crippen molar-refractivity contribution in [1.82, 2.24) is 15.0 Å². The number of carbonyl (C=O) groups is 2. The van der Waals surface area contributed by atoms with E-state index in [-0.39, 0.29) is 17.8 Å². The van der Waals surface area contributed by atoms with E-state index in [9.17, 15) is 9.59 Å². The minimum absolute atomic E-state index is 0.0952. The summed E-state index contributed by atoms with van der Waals surface area (Å²) in [6.07, 6.45) is 3.61. The zero-order valence-electron chi connectivity index (χ0n) is 18.3. The molecule has 0 bridgehead atoms. The molecule has 1 fully saturated rings. The lowest BCUT2D eigenvalue weighted by molar-refractivity contribution is 0.0645. The van der Waals surface area contributed by atoms with Crippen molar-refractivity contribution in [3.8, 4) is 17.2 Å². The molecule has 33 heavy (non-hydrogen) atoms. The van der Waals surface area contributed by atoms with Crippen molar-refractivity contribution in [2.45, 2.75) is 19.4 Å². The summed E-state index contributed by atoms with van der Waals surface area (Å²) in [6, 6.07) is 9.65. The summed E-state index contributed by atoms with van der Waals surface area (Å²) in [4.78, 5) is 31.0. The van der Waals surface area contributed by atoms with Gasteiger partial charge in [-0.1, -0.05) is 5.16 Å². The fraction of sp³-hybridized carbons (Fsp3) is 0.304. The molecule has 172 valence electrons. The number of nitrogens with zero attached hydrogens (tertiary/aromatic N) is 3. The lowest BCUT2D eigenvalue weighted by Crippen LogP contribution is -2.42. The van der Waals surface area contributed by atoms with Gasteiger partial charge in [0.1, 0.15) is 35.3 Å². The van der Waals surface area contributed by atoms with Crippen molar-refractivity contribution in [3.05, 3.63) is 60.1 Å². The smallest absolute Gasteiger partial charge is 0.272 e. The number of rotatable bonds is 9. The lowest BCUT2D eigenvalue weighted by atomic mass is 10.2. The highest BCUT2D eigenvalue weighted by Gasteiger charge is 2.22. The van der Waals surface area contributed by atoms with Crippen LogP contribution in [0.3, 0.4) is 0 Å². The van der Waals surface area contributed by atoms with Gasteiger partial charge in [-0.05, 0) is 37.6 Å². The van der Waals surface area contributed by atoms with Crippen LogP contribution >= 0.6 is 0 Å². The van der Waals surface area contributed by atoms with E-state index in [0.717, 1.165) is 19.5 Å². The molecule has 1 aliphatic heterocycles. The normalized spacial score (nSPS) is 13.7. The Hall–Kier alpha value is -3.92. The first kappa shape index (κ1) is 22.3. The third-order valence-electron chi connectivity index (χ3n) is 4.89. The van der Waals surface area contributed by atoms with Crippen LogP contribution in [0.5, 0.6) is 17.2 Å². The first-order valence-electron chi connectivity index (χ1n) is 10.5. The van der Waals surface area contributed by atoms with Crippen LogP contribution in [0, 0.1) is 0 Å². The van der Waals surface area contributed by atoms with Crippen LogP contribution in [0.1, 0.15) is 34.2 Å². The van der Waals surface area contributed by atoms with Crippen molar-refractivity contribution in [1.29, 1.82) is 0 Å². The van der Waals surface area contributed by atoms with E-state index in [1.165, 1.54) is 18.5 Å². The van der Waals surface area contributed by atoms with Gasteiger partial charge in [-0.25, -0.2) is 4.98 Å². The number of likely N-dealkylation sites (tertiary alicyclic amines) is 1. The molecule has 10 nitrogen and oxygen atoms in total. The maximum atomic E-state index is 12.7. The van der Waals surface area contributed by atoms with Gasteiger partial charge < -0.3 is 29.0 Å². The number of carbonyl (C=O) groups excluding carboxylic acids is 2. The van der Waals surface area contributed by atoms with Gasteiger partial charge in [-0.2, -0.15) is 0 Å². The quantitative estimate of drug-likeness (QED) is 0.525. The van der Waals surface area contributed by atoms with E-state index < -0.39 is 5.91 Å². The second-order valence-corrected chi connectivity index (χ2v) is 7.54. The Labute approximate surface area is 190 Å². The van der Waals surface area contributed by atoms with Crippen molar-refractivity contribution < 1.29 is 28.3 Å². The van der Waals surface area contributed by atoms with Gasteiger partial charge in [-0.3, -0.25) is 9.59 Å². The topological polar surface area (TPSA) is 116 Å². The molecule has 0 spiro atoms. The molecule has 0 aliphatic carbocycles. The van der Waals surface area contributed by atoms with E-state index in [4.69, 9.17) is 18.7 Å². The van der Waals surface area contributed by atoms with E-state index in [2.05, 4.69) is 15.5 Å². The van der Waals surface area contributed by atoms with Gasteiger partial charge in [0, 0.05) is 37.9 Å². The van der Waals surface area contributed by atoms with Crippen molar-refractivity contribution in [2.75, 3.05) is 32.1 Å². The standard InChI is InChI=1S/C23H24N4O6/c1-15(14-30-2)32-18-10-16(22(28)25-21-6-9-31-26-21)11-19(12-18)33-17-4-5-20(24-13-17)23(29)27-7-3-8-27/h4-6,9-13,15H,3,7-8,14H2,1-2H3,(H,25,26,28)/t15-/m0/s1. The van der Waals surface area contributed by atoms with Gasteiger partial charge in [0.25, 0.3) is 11.8 Å². The number of amides is 2. The molecule has 3 aromatic rings. The Morgan fingerprint density at radius 2 is 1.97 bits per heavy atom. The van der Waals surface area contributed by atoms with Crippen LogP contribution in [-0.4, -0.2) is 59.8 Å². The predicted molar refractivity (Wildman–Crippen MR) is 118 cm³/mol. The summed E-state index contributed by atoms with van der Waals surface area (Å²) in [5, 5.41) is 6.33. The number of hydrogen-bond acceptors (Lipinski definition) is 8. The molecule has 1 aromatic carbocycles. The van der Waals surface area contributed by atoms with E-state index in [1.807, 2.05) is 6.92 Å². The van der Waals surface area contributed by atoms with E-state index in [1.54, 1.807) is 42.3 Å². The first-order valence-corrected chi connectivity index (χ1v) is 10.5. The number of ether oxygens (including phenoxy) is 3. The number of methoxy groups -OCH3 is 1. The van der Waals surface area contributed by atoms with Crippen molar-refractivity contribution >= 4 is 17.6 Å². The molecule has 1 saturated heterocycles. The number of anilines is 1. The SMILES string of the molecule is COC[C@H](C)Oc1cc(Oc2ccc(C(=O)N3CCC3)nc2)cc(C(=O)Nc2ccon2)c1. The maximum absolute atomic E-state index is 12.7. The molecule has 0 saturated carbocycles. The molecule has 4 rings (SSSR count). The highest BCUT2D eigenvalue weighted by atomic mass is 16.5. The van der Waals surface area contributed by atoms with Crippen LogP contribution in [-0.2, 0) is 4.74 Å². The van der Waals surface area contributed by atoms with Crippen LogP contribution in [0.4, 0.5) is 5.82 Å². The van der Waals surface area contributed by atoms with Gasteiger partial charge in [-0.15, -0.1) is 0 Å². The number of nitrogens with one attached hydrogen (secondary N) is 1. The molecule has 2 amide bonds. The van der Waals surface area contributed by atoms with Gasteiger partial charge >= 0.3 is 0 Å². The Morgan fingerprint density at radius 1 is 1.15 bits per heavy atom. The largest absolute Gasteiger partial charge is 0.488 e. The third-order valence-corrected chi connectivity index (χ3v) is 4.89. The number of hydrogen-bond donors (Lipinski definition) is 1. The minimum atomic E-state index is -0.410. The molecule has 1 N–H and O–H groups in total. The van der Waals surface area contributed by atoms with Crippen LogP contribution in [0.2, 0.25) is 0 Å². The van der Waals surface area contributed by atoms with Crippen molar-refractivity contribution in [2.24, 2.45) is 0 Å². The Morgan fingerprint density at radius 3 is 2.61 bits per heavy atom. The fourth-order valence-corrected chi connectivity index (χ4v) is 3.18. The summed E-state index contributed by atoms with van der Waals surface area (Å²) in [5.74, 6) is 0.994. The van der Waals surface area contributed by atoms with Crippen LogP contribution in [0.25, 0.3) is 0 Å². The van der Waals surface area contributed by atoms with Crippen LogP contribution < -0.4 is 14.8 Å². The highest BCUT2D eigenvalue weighted by Crippen LogP contribution is 2.29. The van der Waals surface area contributed by atoms with Crippen LogP contribution in [0.15, 0.2) is 53.4 Å². The van der Waals surface area contributed by atoms with E-state index in [0.29, 0.717) is 35.1 Å². The number of aromatic nitrogens is 2. The molecule has 0 radical (unpaired) electrons. The number of pyridine rings is 1. The predicted octanol–water partition coefficient (Wildman–Crippen LogP) is 3.37. The lowest BCUT2D eigenvalue weighted by Gasteiger charge is -2.30. The van der Waals surface area contributed by atoms with Gasteiger partial charge in [0.05, 0.1) is 12.8 Å². The molecule has 1 aliphatic rings. The summed E-state index contributed by atoms with van der Waals surface area (Å²) in [6.45, 7) is 3.74. The molecular formula is C23H24N4O6. The zero-order chi connectivity index (χ0) is 23.2. The summed E-state index contributed by atoms with van der Waals surface area (Å²) >= 11 is 0. The van der Waals surface area contributed by atoms with Gasteiger partial charge in [0.15, 0.2) is 5.82 Å². The van der Waals surface area contributed by atoms with E-state index >= 15 is 0 Å². The summed E-state index contributed by atoms with van der Waals surface area (Å²) in [7, 11) is 1.58. The minimum Gasteiger partial charge on any atom is -0.488 e. The molecular weight excluding hydrogens is 428 g/mol. The van der Waals surface area contributed by atoms with Crippen molar-refractivity contribution in [3.63, 3.8) is 0 Å². The highest BCUT2D eigenvalue weighted by molar-refractivity contribution is 6.04. The molecule has 2 aromatic heterocycles. The third kappa shape index (κ3) is 5.66. The Balaban J connectivity index is 1.53. The first-order chi connectivity index (χ1) is 16.0. The molecule has 1 atom stereocenters. The Bertz CT molecular complexity index is 1100. The summed E-state index contributed by atoms with van der Waals surface area (Å²) in [5.41, 5.74) is 0.660. The monoisotopic (exact) mass is 452 g/mol. The fourth-order valence-electron chi connectivity index (χ4n) is 3.18. The molecule has 3 heterocycles. The number of benzene rings is 1.